The molecule has 1 aliphatic heterocycles. The monoisotopic (exact) mass is 385 g/mol. The van der Waals surface area contributed by atoms with E-state index in [1.54, 1.807) is 0 Å². The first-order valence-electron chi connectivity index (χ1n) is 9.09. The Morgan fingerprint density at radius 3 is 2.89 bits per heavy atom. The Morgan fingerprint density at radius 2 is 2.15 bits per heavy atom. The van der Waals surface area contributed by atoms with E-state index in [-0.39, 0.29) is 10.8 Å². The lowest BCUT2D eigenvalue weighted by Crippen LogP contribution is -2.30. The van der Waals surface area contributed by atoms with Crippen LogP contribution in [0.3, 0.4) is 0 Å². The fourth-order valence-corrected chi connectivity index (χ4v) is 4.37. The Bertz CT molecular complexity index is 1020. The van der Waals surface area contributed by atoms with Crippen molar-refractivity contribution in [3.8, 4) is 0 Å². The van der Waals surface area contributed by atoms with E-state index in [4.69, 9.17) is 0 Å². The van der Waals surface area contributed by atoms with Gasteiger partial charge < -0.3 is 15.6 Å². The van der Waals surface area contributed by atoms with E-state index in [1.165, 1.54) is 12.5 Å². The quantitative estimate of drug-likeness (QED) is 0.624. The van der Waals surface area contributed by atoms with Crippen LogP contribution in [-0.2, 0) is 16.4 Å². The zero-order chi connectivity index (χ0) is 18.9. The number of aromatic amines is 1. The lowest BCUT2D eigenvalue weighted by atomic mass is 9.96. The van der Waals surface area contributed by atoms with Gasteiger partial charge in [-0.1, -0.05) is 18.2 Å². The molecule has 0 bridgehead atoms. The average Bonchev–Trinajstić information content (AvgIpc) is 3.09. The molecule has 0 aliphatic carbocycles. The molecule has 0 radical (unpaired) electrons. The predicted octanol–water partition coefficient (Wildman–Crippen LogP) is 2.44. The van der Waals surface area contributed by atoms with E-state index in [0.717, 1.165) is 42.5 Å². The molecule has 7 nitrogen and oxygen atoms in total. The van der Waals surface area contributed by atoms with Gasteiger partial charge in [0.1, 0.15) is 4.90 Å². The van der Waals surface area contributed by atoms with Crippen molar-refractivity contribution >= 4 is 26.7 Å². The molecule has 3 aromatic rings. The van der Waals surface area contributed by atoms with Gasteiger partial charge in [-0.2, -0.15) is 0 Å². The summed E-state index contributed by atoms with van der Waals surface area (Å²) >= 11 is 0. The summed E-state index contributed by atoms with van der Waals surface area (Å²) in [6.07, 6.45) is 4.58. The molecule has 1 fully saturated rings. The van der Waals surface area contributed by atoms with Gasteiger partial charge in [0, 0.05) is 29.9 Å². The highest BCUT2D eigenvalue weighted by atomic mass is 32.2. The van der Waals surface area contributed by atoms with Crippen LogP contribution in [0.2, 0.25) is 0 Å². The zero-order valence-electron chi connectivity index (χ0n) is 15.2. The molecule has 2 aromatic heterocycles. The van der Waals surface area contributed by atoms with Crippen LogP contribution in [0.4, 0.5) is 5.95 Å². The molecule has 1 atom stereocenters. The van der Waals surface area contributed by atoms with Gasteiger partial charge in [0.05, 0.1) is 18.4 Å². The second-order valence-electron chi connectivity index (χ2n) is 6.99. The number of nitrogens with zero attached hydrogens (tertiary/aromatic N) is 2. The third-order valence-corrected chi connectivity index (χ3v) is 6.00. The first-order chi connectivity index (χ1) is 13.0. The predicted molar refractivity (Wildman–Crippen MR) is 106 cm³/mol. The molecule has 1 aromatic carbocycles. The minimum atomic E-state index is -3.37. The maximum atomic E-state index is 12.2. The van der Waals surface area contributed by atoms with Crippen molar-refractivity contribution in [3.63, 3.8) is 0 Å². The van der Waals surface area contributed by atoms with Crippen molar-refractivity contribution in [1.29, 1.82) is 0 Å². The Labute approximate surface area is 158 Å². The topological polar surface area (TPSA) is 99.8 Å². The summed E-state index contributed by atoms with van der Waals surface area (Å²) in [5.74, 6) is 0.529. The molecule has 0 unspecified atom stereocenters. The largest absolute Gasteiger partial charge is 0.357 e. The number of nitrogens with one attached hydrogen (secondary N) is 3. The van der Waals surface area contributed by atoms with E-state index < -0.39 is 9.84 Å². The summed E-state index contributed by atoms with van der Waals surface area (Å²) in [6.45, 7) is 2.23. The van der Waals surface area contributed by atoms with Crippen LogP contribution in [0.15, 0.2) is 41.4 Å². The number of para-hydroxylation sites is 1. The SMILES string of the molecule is CS(=O)(=O)c1cnc(NCc2cc3ccccc3[nH]2)nc1[C@H]1CCCNC1. The number of fused-ring (bicyclic) bond motifs is 1. The number of rotatable bonds is 5. The molecule has 0 amide bonds. The summed E-state index contributed by atoms with van der Waals surface area (Å²) < 4.78 is 24.3. The highest BCUT2D eigenvalue weighted by molar-refractivity contribution is 7.90. The number of H-pyrrole nitrogens is 1. The minimum absolute atomic E-state index is 0.0834. The van der Waals surface area contributed by atoms with Crippen molar-refractivity contribution in [1.82, 2.24) is 20.3 Å². The van der Waals surface area contributed by atoms with Crippen LogP contribution in [-0.4, -0.2) is 42.7 Å². The third kappa shape index (κ3) is 3.96. The fourth-order valence-electron chi connectivity index (χ4n) is 3.54. The second-order valence-corrected chi connectivity index (χ2v) is 8.98. The molecule has 0 saturated carbocycles. The van der Waals surface area contributed by atoms with E-state index in [2.05, 4.69) is 37.7 Å². The van der Waals surface area contributed by atoms with Crippen LogP contribution in [0.5, 0.6) is 0 Å². The standard InChI is InChI=1S/C19H23N5O2S/c1-27(25,26)17-12-22-19(24-18(17)14-6-4-8-20-10-14)21-11-15-9-13-5-2-3-7-16(13)23-15/h2-3,5,7,9,12,14,20,23H,4,6,8,10-11H2,1H3,(H,21,22,24)/t14-/m0/s1. The molecule has 1 aliphatic rings. The molecular weight excluding hydrogens is 362 g/mol. The highest BCUT2D eigenvalue weighted by Gasteiger charge is 2.25. The lowest BCUT2D eigenvalue weighted by Gasteiger charge is -2.24. The summed E-state index contributed by atoms with van der Waals surface area (Å²) in [5.41, 5.74) is 2.71. The Balaban J connectivity index is 1.58. The number of hydrogen-bond donors (Lipinski definition) is 3. The van der Waals surface area contributed by atoms with Crippen molar-refractivity contribution < 1.29 is 8.42 Å². The second kappa shape index (κ2) is 7.28. The lowest BCUT2D eigenvalue weighted by molar-refractivity contribution is 0.448. The van der Waals surface area contributed by atoms with Crippen molar-refractivity contribution in [3.05, 3.63) is 47.9 Å². The van der Waals surface area contributed by atoms with Crippen LogP contribution in [0.1, 0.15) is 30.1 Å². The summed E-state index contributed by atoms with van der Waals surface area (Å²) in [7, 11) is -3.37. The van der Waals surface area contributed by atoms with Crippen LogP contribution < -0.4 is 10.6 Å². The molecule has 0 spiro atoms. The molecular formula is C19H23N5O2S. The molecule has 27 heavy (non-hydrogen) atoms. The smallest absolute Gasteiger partial charge is 0.223 e. The van der Waals surface area contributed by atoms with Gasteiger partial charge in [-0.05, 0) is 36.9 Å². The molecule has 4 rings (SSSR count). The molecule has 1 saturated heterocycles. The normalized spacial score (nSPS) is 17.9. The van der Waals surface area contributed by atoms with Crippen molar-refractivity contribution in [2.24, 2.45) is 0 Å². The number of sulfone groups is 1. The van der Waals surface area contributed by atoms with Gasteiger partial charge in [0.25, 0.3) is 0 Å². The molecule has 3 heterocycles. The van der Waals surface area contributed by atoms with Gasteiger partial charge >= 0.3 is 0 Å². The molecule has 142 valence electrons. The van der Waals surface area contributed by atoms with E-state index in [9.17, 15) is 8.42 Å². The summed E-state index contributed by atoms with van der Waals surface area (Å²) in [4.78, 5) is 12.4. The van der Waals surface area contributed by atoms with Crippen LogP contribution in [0, 0.1) is 0 Å². The third-order valence-electron chi connectivity index (χ3n) is 4.89. The Morgan fingerprint density at radius 1 is 1.30 bits per heavy atom. The number of piperidine rings is 1. The van der Waals surface area contributed by atoms with E-state index in [0.29, 0.717) is 18.2 Å². The molecule has 8 heteroatoms. The summed E-state index contributed by atoms with van der Waals surface area (Å²) in [6, 6.07) is 10.2. The first-order valence-corrected chi connectivity index (χ1v) is 11.0. The average molecular weight is 385 g/mol. The van der Waals surface area contributed by atoms with Crippen molar-refractivity contribution in [2.45, 2.75) is 30.2 Å². The van der Waals surface area contributed by atoms with Gasteiger partial charge in [-0.3, -0.25) is 0 Å². The maximum Gasteiger partial charge on any atom is 0.223 e. The number of aromatic nitrogens is 3. The fraction of sp³-hybridized carbons (Fsp3) is 0.368. The number of hydrogen-bond acceptors (Lipinski definition) is 6. The Hall–Kier alpha value is -2.45. The minimum Gasteiger partial charge on any atom is -0.357 e. The van der Waals surface area contributed by atoms with Crippen molar-refractivity contribution in [2.75, 3.05) is 24.7 Å². The van der Waals surface area contributed by atoms with Crippen LogP contribution >= 0.6 is 0 Å². The Kier molecular flexibility index (Phi) is 4.84. The number of anilines is 1. The summed E-state index contributed by atoms with van der Waals surface area (Å²) in [5, 5.41) is 7.68. The van der Waals surface area contributed by atoms with Gasteiger partial charge in [0.2, 0.25) is 5.95 Å². The van der Waals surface area contributed by atoms with Gasteiger partial charge in [-0.15, -0.1) is 0 Å². The van der Waals surface area contributed by atoms with Crippen LogP contribution in [0.25, 0.3) is 10.9 Å². The van der Waals surface area contributed by atoms with E-state index in [1.807, 2.05) is 18.2 Å². The number of benzene rings is 1. The van der Waals surface area contributed by atoms with Gasteiger partial charge in [0.15, 0.2) is 9.84 Å². The highest BCUT2D eigenvalue weighted by Crippen LogP contribution is 2.28. The zero-order valence-corrected chi connectivity index (χ0v) is 16.0. The first kappa shape index (κ1) is 17.9. The maximum absolute atomic E-state index is 12.2. The molecule has 3 N–H and O–H groups in total. The van der Waals surface area contributed by atoms with Gasteiger partial charge in [-0.25, -0.2) is 18.4 Å². The van der Waals surface area contributed by atoms with E-state index >= 15 is 0 Å².